The minimum Gasteiger partial charge on any atom is -0.0883 e. The lowest BCUT2D eigenvalue weighted by molar-refractivity contribution is 0.661. The van der Waals surface area contributed by atoms with Crippen LogP contribution in [0.15, 0.2) is 78.9 Å². The maximum Gasteiger partial charge on any atom is 0.139 e. The standard InChI is InChI=1S/C28H23B/c1-28(2)25-13-11-20(29)16-24(25)23-12-10-18(15-26(23)28)22-9-5-7-19-14-17-6-3-4-8-21(17)27(19)22/h3-13,15-16H,14,29H2,1-2H3. The van der Waals surface area contributed by atoms with Crippen molar-refractivity contribution in [3.63, 3.8) is 0 Å². The number of rotatable bonds is 1. The van der Waals surface area contributed by atoms with Crippen LogP contribution < -0.4 is 5.46 Å². The molecular formula is C28H23B. The summed E-state index contributed by atoms with van der Waals surface area (Å²) in [5.41, 5.74) is 15.4. The summed E-state index contributed by atoms with van der Waals surface area (Å²) in [6, 6.07) is 29.7. The van der Waals surface area contributed by atoms with E-state index in [4.69, 9.17) is 0 Å². The van der Waals surface area contributed by atoms with Gasteiger partial charge in [-0.3, -0.25) is 0 Å². The highest BCUT2D eigenvalue weighted by Crippen LogP contribution is 2.50. The first-order chi connectivity index (χ1) is 14.0. The van der Waals surface area contributed by atoms with Gasteiger partial charge in [-0.2, -0.15) is 0 Å². The van der Waals surface area contributed by atoms with Gasteiger partial charge < -0.3 is 0 Å². The van der Waals surface area contributed by atoms with Gasteiger partial charge in [-0.15, -0.1) is 0 Å². The monoisotopic (exact) mass is 370 g/mol. The lowest BCUT2D eigenvalue weighted by atomic mass is 9.80. The van der Waals surface area contributed by atoms with Gasteiger partial charge >= 0.3 is 0 Å². The van der Waals surface area contributed by atoms with Crippen LogP contribution in [0.3, 0.4) is 0 Å². The predicted molar refractivity (Wildman–Crippen MR) is 126 cm³/mol. The second-order valence-corrected chi connectivity index (χ2v) is 9.11. The van der Waals surface area contributed by atoms with E-state index >= 15 is 0 Å². The van der Waals surface area contributed by atoms with Gasteiger partial charge in [0.15, 0.2) is 0 Å². The second kappa shape index (κ2) is 5.73. The van der Waals surface area contributed by atoms with Gasteiger partial charge in [-0.05, 0) is 68.1 Å². The Hall–Kier alpha value is -3.06. The summed E-state index contributed by atoms with van der Waals surface area (Å²) in [6.45, 7) is 4.73. The molecule has 2 aliphatic carbocycles. The lowest BCUT2D eigenvalue weighted by Gasteiger charge is -2.22. The predicted octanol–water partition coefficient (Wildman–Crippen LogP) is 5.49. The van der Waals surface area contributed by atoms with E-state index in [2.05, 4.69) is 101 Å². The van der Waals surface area contributed by atoms with E-state index in [1.807, 2.05) is 0 Å². The smallest absolute Gasteiger partial charge is 0.0883 e. The van der Waals surface area contributed by atoms with Crippen molar-refractivity contribution in [2.45, 2.75) is 25.7 Å². The Morgan fingerprint density at radius 2 is 1.45 bits per heavy atom. The molecular weight excluding hydrogens is 347 g/mol. The first-order valence-electron chi connectivity index (χ1n) is 10.5. The molecule has 0 aliphatic heterocycles. The van der Waals surface area contributed by atoms with Crippen molar-refractivity contribution < 1.29 is 0 Å². The third-order valence-electron chi connectivity index (χ3n) is 6.96. The molecule has 29 heavy (non-hydrogen) atoms. The topological polar surface area (TPSA) is 0 Å². The maximum absolute atomic E-state index is 2.45. The molecule has 0 unspecified atom stereocenters. The molecule has 0 heterocycles. The Morgan fingerprint density at radius 3 is 2.34 bits per heavy atom. The summed E-state index contributed by atoms with van der Waals surface area (Å²) < 4.78 is 0. The molecule has 4 aromatic carbocycles. The number of hydrogen-bond donors (Lipinski definition) is 0. The highest BCUT2D eigenvalue weighted by atomic mass is 14.4. The van der Waals surface area contributed by atoms with E-state index < -0.39 is 0 Å². The van der Waals surface area contributed by atoms with Crippen molar-refractivity contribution in [1.82, 2.24) is 0 Å². The molecule has 6 rings (SSSR count). The van der Waals surface area contributed by atoms with Gasteiger partial charge in [-0.25, -0.2) is 0 Å². The van der Waals surface area contributed by atoms with Crippen molar-refractivity contribution in [2.75, 3.05) is 0 Å². The molecule has 0 nitrogen and oxygen atoms in total. The third kappa shape index (κ3) is 2.28. The summed E-state index contributed by atoms with van der Waals surface area (Å²) in [4.78, 5) is 0. The Labute approximate surface area is 173 Å². The average molecular weight is 370 g/mol. The van der Waals surface area contributed by atoms with Gasteiger partial charge in [0, 0.05) is 5.41 Å². The van der Waals surface area contributed by atoms with Gasteiger partial charge in [0.25, 0.3) is 0 Å². The molecule has 0 saturated heterocycles. The van der Waals surface area contributed by atoms with Gasteiger partial charge in [0.05, 0.1) is 0 Å². The zero-order valence-electron chi connectivity index (χ0n) is 17.2. The Morgan fingerprint density at radius 1 is 0.655 bits per heavy atom. The third-order valence-corrected chi connectivity index (χ3v) is 6.96. The molecule has 0 spiro atoms. The number of hydrogen-bond acceptors (Lipinski definition) is 0. The van der Waals surface area contributed by atoms with Crippen molar-refractivity contribution in [3.8, 4) is 33.4 Å². The zero-order chi connectivity index (χ0) is 19.8. The van der Waals surface area contributed by atoms with E-state index in [-0.39, 0.29) is 5.41 Å². The van der Waals surface area contributed by atoms with Crippen LogP contribution in [0.5, 0.6) is 0 Å². The van der Waals surface area contributed by atoms with E-state index in [1.165, 1.54) is 61.1 Å². The Balaban J connectivity index is 1.57. The van der Waals surface area contributed by atoms with Gasteiger partial charge in [0.2, 0.25) is 0 Å². The molecule has 0 aromatic heterocycles. The van der Waals surface area contributed by atoms with Crippen LogP contribution in [0.4, 0.5) is 0 Å². The summed E-state index contributed by atoms with van der Waals surface area (Å²) >= 11 is 0. The molecule has 0 bridgehead atoms. The molecule has 0 atom stereocenters. The molecule has 4 aromatic rings. The Kier molecular flexibility index (Phi) is 3.33. The zero-order valence-corrected chi connectivity index (χ0v) is 17.2. The van der Waals surface area contributed by atoms with Crippen molar-refractivity contribution in [1.29, 1.82) is 0 Å². The first kappa shape index (κ1) is 16.9. The van der Waals surface area contributed by atoms with Crippen LogP contribution >= 0.6 is 0 Å². The summed E-state index contributed by atoms with van der Waals surface area (Å²) in [5.74, 6) is 0. The van der Waals surface area contributed by atoms with Crippen LogP contribution in [0.2, 0.25) is 0 Å². The molecule has 0 saturated carbocycles. The Bertz CT molecular complexity index is 1310. The number of fused-ring (bicyclic) bond motifs is 6. The fourth-order valence-electron chi connectivity index (χ4n) is 5.46. The molecule has 0 N–H and O–H groups in total. The summed E-state index contributed by atoms with van der Waals surface area (Å²) in [7, 11) is 2.18. The van der Waals surface area contributed by atoms with Crippen LogP contribution in [-0.2, 0) is 11.8 Å². The molecule has 0 fully saturated rings. The van der Waals surface area contributed by atoms with E-state index in [0.717, 1.165) is 6.42 Å². The summed E-state index contributed by atoms with van der Waals surface area (Å²) in [6.07, 6.45) is 1.04. The van der Waals surface area contributed by atoms with Crippen molar-refractivity contribution >= 4 is 13.3 Å². The van der Waals surface area contributed by atoms with Crippen molar-refractivity contribution in [3.05, 3.63) is 101 Å². The average Bonchev–Trinajstić information content (AvgIpc) is 3.21. The van der Waals surface area contributed by atoms with E-state index in [1.54, 1.807) is 0 Å². The van der Waals surface area contributed by atoms with Gasteiger partial charge in [-0.1, -0.05) is 92.1 Å². The van der Waals surface area contributed by atoms with Crippen LogP contribution in [-0.4, -0.2) is 7.85 Å². The molecule has 1 heteroatoms. The normalized spacial score (nSPS) is 14.8. The van der Waals surface area contributed by atoms with Crippen LogP contribution in [0, 0.1) is 0 Å². The fourth-order valence-corrected chi connectivity index (χ4v) is 5.46. The van der Waals surface area contributed by atoms with E-state index in [0.29, 0.717) is 0 Å². The molecule has 0 radical (unpaired) electrons. The first-order valence-corrected chi connectivity index (χ1v) is 10.5. The lowest BCUT2D eigenvalue weighted by Crippen LogP contribution is -2.16. The molecule has 0 amide bonds. The second-order valence-electron chi connectivity index (χ2n) is 9.11. The molecule has 2 aliphatic rings. The minimum absolute atomic E-state index is 0.0320. The largest absolute Gasteiger partial charge is 0.139 e. The quantitative estimate of drug-likeness (QED) is 0.342. The van der Waals surface area contributed by atoms with Gasteiger partial charge in [0.1, 0.15) is 7.85 Å². The minimum atomic E-state index is 0.0320. The fraction of sp³-hybridized carbons (Fsp3) is 0.143. The van der Waals surface area contributed by atoms with E-state index in [9.17, 15) is 0 Å². The van der Waals surface area contributed by atoms with Crippen LogP contribution in [0.25, 0.3) is 33.4 Å². The highest BCUT2D eigenvalue weighted by Gasteiger charge is 2.35. The highest BCUT2D eigenvalue weighted by molar-refractivity contribution is 6.32. The summed E-state index contributed by atoms with van der Waals surface area (Å²) in [5, 5.41) is 0. The van der Waals surface area contributed by atoms with Crippen molar-refractivity contribution in [2.24, 2.45) is 0 Å². The maximum atomic E-state index is 2.45. The van der Waals surface area contributed by atoms with Crippen LogP contribution in [0.1, 0.15) is 36.1 Å². The molecule has 138 valence electrons. The number of benzene rings is 4. The SMILES string of the molecule is Bc1ccc2c(c1)-c1ccc(-c3cccc4c3-c3ccccc3C4)cc1C2(C)C.